The Labute approximate surface area is 173 Å². The molecule has 0 fully saturated rings. The van der Waals surface area contributed by atoms with Crippen molar-refractivity contribution in [3.05, 3.63) is 12.2 Å². The van der Waals surface area contributed by atoms with E-state index in [0.29, 0.717) is 13.0 Å². The molecule has 0 aromatic heterocycles. The first-order valence-electron chi connectivity index (χ1n) is 11.6. The van der Waals surface area contributed by atoms with Gasteiger partial charge in [0.25, 0.3) is 0 Å². The SMILES string of the molecule is CCCCCCCCC/C=C/CCCCCCC(CC(=O)OCCC)C(=O)O. The van der Waals surface area contributed by atoms with Crippen LogP contribution in [0, 0.1) is 5.92 Å². The predicted molar refractivity (Wildman–Crippen MR) is 116 cm³/mol. The van der Waals surface area contributed by atoms with Gasteiger partial charge in [-0.05, 0) is 38.5 Å². The van der Waals surface area contributed by atoms with Gasteiger partial charge in [0.2, 0.25) is 0 Å². The highest BCUT2D eigenvalue weighted by atomic mass is 16.5. The first kappa shape index (κ1) is 26.7. The number of aliphatic carboxylic acids is 1. The molecule has 4 nitrogen and oxygen atoms in total. The number of hydrogen-bond acceptors (Lipinski definition) is 3. The molecule has 1 N–H and O–H groups in total. The topological polar surface area (TPSA) is 63.6 Å². The molecule has 0 aliphatic heterocycles. The van der Waals surface area contributed by atoms with Crippen LogP contribution in [0.4, 0.5) is 0 Å². The van der Waals surface area contributed by atoms with Gasteiger partial charge in [-0.25, -0.2) is 0 Å². The van der Waals surface area contributed by atoms with E-state index in [1.165, 1.54) is 51.4 Å². The Morgan fingerprint density at radius 1 is 0.786 bits per heavy atom. The van der Waals surface area contributed by atoms with E-state index in [0.717, 1.165) is 38.5 Å². The Morgan fingerprint density at radius 3 is 1.86 bits per heavy atom. The number of rotatable bonds is 20. The van der Waals surface area contributed by atoms with Gasteiger partial charge in [-0.1, -0.05) is 83.8 Å². The predicted octanol–water partition coefficient (Wildman–Crippen LogP) is 7.07. The molecule has 0 aliphatic rings. The number of carbonyl (C=O) groups excluding carboxylic acids is 1. The van der Waals surface area contributed by atoms with Crippen molar-refractivity contribution in [2.24, 2.45) is 5.92 Å². The third-order valence-corrected chi connectivity index (χ3v) is 5.04. The zero-order valence-electron chi connectivity index (χ0n) is 18.4. The second kappa shape index (κ2) is 20.4. The lowest BCUT2D eigenvalue weighted by atomic mass is 9.97. The van der Waals surface area contributed by atoms with Crippen molar-refractivity contribution < 1.29 is 19.4 Å². The molecular formula is C24H44O4. The van der Waals surface area contributed by atoms with Crippen LogP contribution in [-0.2, 0) is 14.3 Å². The van der Waals surface area contributed by atoms with Crippen molar-refractivity contribution in [1.29, 1.82) is 0 Å². The molecule has 4 heteroatoms. The molecule has 28 heavy (non-hydrogen) atoms. The molecule has 0 radical (unpaired) electrons. The molecule has 0 heterocycles. The lowest BCUT2D eigenvalue weighted by molar-refractivity contribution is -0.151. The standard InChI is InChI=1S/C24H44O4/c1-3-5-6-7-8-9-10-11-12-13-14-15-16-17-18-19-22(24(26)27)21-23(25)28-20-4-2/h12-13,22H,3-11,14-21H2,1-2H3,(H,26,27)/b13-12+. The van der Waals surface area contributed by atoms with E-state index in [9.17, 15) is 14.7 Å². The summed E-state index contributed by atoms with van der Waals surface area (Å²) in [5, 5.41) is 9.25. The summed E-state index contributed by atoms with van der Waals surface area (Å²) in [5.41, 5.74) is 0. The van der Waals surface area contributed by atoms with Crippen molar-refractivity contribution in [1.82, 2.24) is 0 Å². The van der Waals surface area contributed by atoms with Crippen LogP contribution in [0.3, 0.4) is 0 Å². The Balaban J connectivity index is 3.55. The molecule has 0 rings (SSSR count). The highest BCUT2D eigenvalue weighted by molar-refractivity contribution is 5.78. The van der Waals surface area contributed by atoms with E-state index in [2.05, 4.69) is 19.1 Å². The summed E-state index contributed by atoms with van der Waals surface area (Å²) in [6.45, 7) is 4.55. The van der Waals surface area contributed by atoms with E-state index >= 15 is 0 Å². The van der Waals surface area contributed by atoms with Crippen LogP contribution in [0.15, 0.2) is 12.2 Å². The maximum absolute atomic E-state index is 11.6. The number of carboxylic acids is 1. The summed E-state index contributed by atoms with van der Waals surface area (Å²) < 4.78 is 4.99. The molecule has 0 saturated heterocycles. The van der Waals surface area contributed by atoms with Crippen molar-refractivity contribution >= 4 is 11.9 Å². The lowest BCUT2D eigenvalue weighted by Crippen LogP contribution is -2.19. The van der Waals surface area contributed by atoms with Crippen LogP contribution >= 0.6 is 0 Å². The zero-order valence-corrected chi connectivity index (χ0v) is 18.4. The number of carbonyl (C=O) groups is 2. The van der Waals surface area contributed by atoms with E-state index < -0.39 is 11.9 Å². The molecule has 0 spiro atoms. The van der Waals surface area contributed by atoms with Crippen molar-refractivity contribution in [3.8, 4) is 0 Å². The van der Waals surface area contributed by atoms with E-state index in [1.807, 2.05) is 6.92 Å². The van der Waals surface area contributed by atoms with Gasteiger partial charge in [-0.3, -0.25) is 9.59 Å². The Bertz CT molecular complexity index is 403. The van der Waals surface area contributed by atoms with Crippen molar-refractivity contribution in [3.63, 3.8) is 0 Å². The summed E-state index contributed by atoms with van der Waals surface area (Å²) in [6, 6.07) is 0. The van der Waals surface area contributed by atoms with Crippen molar-refractivity contribution in [2.75, 3.05) is 6.61 Å². The Hall–Kier alpha value is -1.32. The molecular weight excluding hydrogens is 352 g/mol. The maximum atomic E-state index is 11.6. The fraction of sp³-hybridized carbons (Fsp3) is 0.833. The summed E-state index contributed by atoms with van der Waals surface area (Å²) in [6.07, 6.45) is 21.9. The second-order valence-corrected chi connectivity index (χ2v) is 7.83. The Kier molecular flexibility index (Phi) is 19.5. The van der Waals surface area contributed by atoms with Gasteiger partial charge in [-0.2, -0.15) is 0 Å². The van der Waals surface area contributed by atoms with Crippen LogP contribution in [0.2, 0.25) is 0 Å². The summed E-state index contributed by atoms with van der Waals surface area (Å²) >= 11 is 0. The summed E-state index contributed by atoms with van der Waals surface area (Å²) in [4.78, 5) is 22.9. The van der Waals surface area contributed by atoms with Gasteiger partial charge in [0.1, 0.15) is 0 Å². The normalized spacial score (nSPS) is 12.4. The maximum Gasteiger partial charge on any atom is 0.307 e. The van der Waals surface area contributed by atoms with Gasteiger partial charge in [0, 0.05) is 0 Å². The van der Waals surface area contributed by atoms with E-state index in [-0.39, 0.29) is 12.4 Å². The second-order valence-electron chi connectivity index (χ2n) is 7.83. The smallest absolute Gasteiger partial charge is 0.307 e. The number of ether oxygens (including phenoxy) is 1. The first-order valence-corrected chi connectivity index (χ1v) is 11.6. The lowest BCUT2D eigenvalue weighted by Gasteiger charge is -2.11. The zero-order chi connectivity index (χ0) is 20.9. The number of hydrogen-bond donors (Lipinski definition) is 1. The molecule has 0 bridgehead atoms. The Morgan fingerprint density at radius 2 is 1.32 bits per heavy atom. The van der Waals surface area contributed by atoms with Crippen LogP contribution in [0.25, 0.3) is 0 Å². The molecule has 164 valence electrons. The van der Waals surface area contributed by atoms with Crippen LogP contribution in [-0.4, -0.2) is 23.7 Å². The molecule has 0 saturated carbocycles. The molecule has 0 aromatic rings. The van der Waals surface area contributed by atoms with Gasteiger partial charge < -0.3 is 9.84 Å². The summed E-state index contributed by atoms with van der Waals surface area (Å²) in [5.74, 6) is -1.88. The largest absolute Gasteiger partial charge is 0.481 e. The fourth-order valence-corrected chi connectivity index (χ4v) is 3.25. The highest BCUT2D eigenvalue weighted by Gasteiger charge is 2.21. The molecule has 0 amide bonds. The van der Waals surface area contributed by atoms with Crippen LogP contribution in [0.1, 0.15) is 117 Å². The molecule has 0 aliphatic carbocycles. The minimum absolute atomic E-state index is 0.00330. The average Bonchev–Trinajstić information content (AvgIpc) is 2.68. The highest BCUT2D eigenvalue weighted by Crippen LogP contribution is 2.16. The number of allylic oxidation sites excluding steroid dienone is 2. The third-order valence-electron chi connectivity index (χ3n) is 5.04. The van der Waals surface area contributed by atoms with Crippen LogP contribution in [0.5, 0.6) is 0 Å². The minimum atomic E-state index is -0.887. The van der Waals surface area contributed by atoms with Crippen molar-refractivity contribution in [2.45, 2.75) is 117 Å². The van der Waals surface area contributed by atoms with E-state index in [4.69, 9.17) is 4.74 Å². The van der Waals surface area contributed by atoms with Gasteiger partial charge in [0.15, 0.2) is 0 Å². The molecule has 1 unspecified atom stereocenters. The minimum Gasteiger partial charge on any atom is -0.481 e. The number of carboxylic acid groups (broad SMARTS) is 1. The number of esters is 1. The van der Waals surface area contributed by atoms with Gasteiger partial charge >= 0.3 is 11.9 Å². The molecule has 1 atom stereocenters. The fourth-order valence-electron chi connectivity index (χ4n) is 3.25. The summed E-state index contributed by atoms with van der Waals surface area (Å²) in [7, 11) is 0. The molecule has 0 aromatic carbocycles. The van der Waals surface area contributed by atoms with Gasteiger partial charge in [0.05, 0.1) is 18.9 Å². The monoisotopic (exact) mass is 396 g/mol. The number of unbranched alkanes of at least 4 members (excludes halogenated alkanes) is 11. The third kappa shape index (κ3) is 18.1. The first-order chi connectivity index (χ1) is 13.6. The van der Waals surface area contributed by atoms with Crippen LogP contribution < -0.4 is 0 Å². The van der Waals surface area contributed by atoms with E-state index in [1.54, 1.807) is 0 Å². The average molecular weight is 397 g/mol. The quantitative estimate of drug-likeness (QED) is 0.136. The van der Waals surface area contributed by atoms with Gasteiger partial charge in [-0.15, -0.1) is 0 Å².